The fourth-order valence-electron chi connectivity index (χ4n) is 1.86. The van der Waals surface area contributed by atoms with E-state index in [2.05, 4.69) is 33.9 Å². The van der Waals surface area contributed by atoms with Crippen LogP contribution in [-0.2, 0) is 0 Å². The fourth-order valence-corrected chi connectivity index (χ4v) is 2.27. The summed E-state index contributed by atoms with van der Waals surface area (Å²) in [7, 11) is 0. The summed E-state index contributed by atoms with van der Waals surface area (Å²) in [5.41, 5.74) is 0. The highest BCUT2D eigenvalue weighted by molar-refractivity contribution is 7.81. The van der Waals surface area contributed by atoms with Crippen LogP contribution in [-0.4, -0.2) is 37.3 Å². The van der Waals surface area contributed by atoms with Gasteiger partial charge in [0.25, 0.3) is 0 Å². The summed E-state index contributed by atoms with van der Waals surface area (Å²) in [5, 5.41) is 13.8. The Morgan fingerprint density at radius 3 is 2.00 bits per heavy atom. The SMILES string of the molecule is SC12NCCCNC1NCCCN2. The summed E-state index contributed by atoms with van der Waals surface area (Å²) >= 11 is 4.67. The van der Waals surface area contributed by atoms with Crippen molar-refractivity contribution < 1.29 is 0 Å². The number of hydrogen-bond donors (Lipinski definition) is 5. The van der Waals surface area contributed by atoms with E-state index in [1.165, 1.54) is 0 Å². The topological polar surface area (TPSA) is 48.1 Å². The molecule has 0 aromatic rings. The molecule has 2 aliphatic heterocycles. The highest BCUT2D eigenvalue weighted by atomic mass is 32.1. The van der Waals surface area contributed by atoms with E-state index in [-0.39, 0.29) is 11.2 Å². The van der Waals surface area contributed by atoms with E-state index in [4.69, 9.17) is 0 Å². The van der Waals surface area contributed by atoms with Crippen LogP contribution in [0.1, 0.15) is 12.8 Å². The van der Waals surface area contributed by atoms with Crippen molar-refractivity contribution in [1.82, 2.24) is 21.3 Å². The summed E-state index contributed by atoms with van der Waals surface area (Å²) in [4.78, 5) is -0.285. The van der Waals surface area contributed by atoms with Gasteiger partial charge in [0.1, 0.15) is 4.99 Å². The molecule has 2 aliphatic rings. The lowest BCUT2D eigenvalue weighted by Crippen LogP contribution is -2.66. The molecule has 0 bridgehead atoms. The minimum absolute atomic E-state index is 0.223. The molecule has 5 heteroatoms. The van der Waals surface area contributed by atoms with E-state index in [0.29, 0.717) is 0 Å². The summed E-state index contributed by atoms with van der Waals surface area (Å²) in [6, 6.07) is 0. The lowest BCUT2D eigenvalue weighted by atomic mass is 10.3. The number of thiol groups is 1. The number of fused-ring (bicyclic) bond motifs is 1. The Bertz CT molecular complexity index is 162. The number of rotatable bonds is 0. The predicted octanol–water partition coefficient (Wildman–Crippen LogP) is -0.938. The molecule has 4 N–H and O–H groups in total. The molecule has 76 valence electrons. The Balaban J connectivity index is 2.08. The molecule has 0 aromatic carbocycles. The first-order valence-electron chi connectivity index (χ1n) is 5.00. The Labute approximate surface area is 84.6 Å². The van der Waals surface area contributed by atoms with Gasteiger partial charge in [0, 0.05) is 0 Å². The van der Waals surface area contributed by atoms with Crippen molar-refractivity contribution in [2.45, 2.75) is 24.0 Å². The number of hydrogen-bond acceptors (Lipinski definition) is 5. The van der Waals surface area contributed by atoms with Crippen molar-refractivity contribution in [3.05, 3.63) is 0 Å². The molecule has 2 fully saturated rings. The summed E-state index contributed by atoms with van der Waals surface area (Å²) in [5.74, 6) is 0. The lowest BCUT2D eigenvalue weighted by Gasteiger charge is -2.35. The zero-order valence-electron chi connectivity index (χ0n) is 7.77. The molecule has 13 heavy (non-hydrogen) atoms. The highest BCUT2D eigenvalue weighted by Gasteiger charge is 2.36. The Hall–Kier alpha value is 0.190. The van der Waals surface area contributed by atoms with Crippen LogP contribution in [0, 0.1) is 0 Å². The first-order valence-corrected chi connectivity index (χ1v) is 5.45. The monoisotopic (exact) mass is 202 g/mol. The molecule has 0 saturated carbocycles. The molecular weight excluding hydrogens is 184 g/mol. The van der Waals surface area contributed by atoms with Crippen LogP contribution in [0.5, 0.6) is 0 Å². The Morgan fingerprint density at radius 1 is 0.923 bits per heavy atom. The van der Waals surface area contributed by atoms with Gasteiger partial charge < -0.3 is 0 Å². The van der Waals surface area contributed by atoms with E-state index < -0.39 is 0 Å². The van der Waals surface area contributed by atoms with E-state index >= 15 is 0 Å². The lowest BCUT2D eigenvalue weighted by molar-refractivity contribution is 0.299. The van der Waals surface area contributed by atoms with Crippen LogP contribution < -0.4 is 21.3 Å². The second kappa shape index (κ2) is 4.14. The van der Waals surface area contributed by atoms with E-state index in [1.807, 2.05) is 0 Å². The summed E-state index contributed by atoms with van der Waals surface area (Å²) < 4.78 is 0. The largest absolute Gasteiger partial charge is 0.298 e. The third kappa shape index (κ3) is 2.16. The normalized spacial score (nSPS) is 41.8. The summed E-state index contributed by atoms with van der Waals surface area (Å²) in [6.07, 6.45) is 2.53. The van der Waals surface area contributed by atoms with Crippen LogP contribution in [0.15, 0.2) is 0 Å². The smallest absolute Gasteiger partial charge is 0.143 e. The maximum atomic E-state index is 4.67. The Morgan fingerprint density at radius 2 is 1.46 bits per heavy atom. The van der Waals surface area contributed by atoms with Crippen molar-refractivity contribution in [3.63, 3.8) is 0 Å². The molecule has 0 aromatic heterocycles. The molecule has 0 amide bonds. The fraction of sp³-hybridized carbons (Fsp3) is 1.00. The second-order valence-electron chi connectivity index (χ2n) is 3.67. The highest BCUT2D eigenvalue weighted by Crippen LogP contribution is 2.14. The van der Waals surface area contributed by atoms with Crippen molar-refractivity contribution in [2.24, 2.45) is 0 Å². The van der Waals surface area contributed by atoms with Gasteiger partial charge in [0.2, 0.25) is 0 Å². The minimum Gasteiger partial charge on any atom is -0.298 e. The van der Waals surface area contributed by atoms with Gasteiger partial charge in [0.15, 0.2) is 0 Å². The summed E-state index contributed by atoms with van der Waals surface area (Å²) in [6.45, 7) is 4.13. The molecule has 4 nitrogen and oxygen atoms in total. The molecule has 0 atom stereocenters. The third-order valence-corrected chi connectivity index (χ3v) is 3.19. The van der Waals surface area contributed by atoms with Crippen LogP contribution in [0.3, 0.4) is 0 Å². The van der Waals surface area contributed by atoms with Crippen molar-refractivity contribution in [3.8, 4) is 0 Å². The van der Waals surface area contributed by atoms with E-state index in [9.17, 15) is 0 Å². The van der Waals surface area contributed by atoms with Crippen molar-refractivity contribution >= 4 is 12.6 Å². The van der Waals surface area contributed by atoms with Gasteiger partial charge in [-0.05, 0) is 39.0 Å². The van der Waals surface area contributed by atoms with Crippen molar-refractivity contribution in [1.29, 1.82) is 0 Å². The van der Waals surface area contributed by atoms with Crippen LogP contribution in [0.25, 0.3) is 0 Å². The van der Waals surface area contributed by atoms with Crippen LogP contribution in [0.4, 0.5) is 0 Å². The maximum Gasteiger partial charge on any atom is 0.143 e. The van der Waals surface area contributed by atoms with Crippen LogP contribution >= 0.6 is 12.6 Å². The molecule has 2 rings (SSSR count). The minimum atomic E-state index is -0.285. The second-order valence-corrected chi connectivity index (χ2v) is 4.37. The third-order valence-electron chi connectivity index (χ3n) is 2.61. The van der Waals surface area contributed by atoms with Gasteiger partial charge in [-0.3, -0.25) is 21.3 Å². The van der Waals surface area contributed by atoms with Gasteiger partial charge in [0.05, 0.1) is 6.17 Å². The zero-order valence-corrected chi connectivity index (χ0v) is 8.66. The average molecular weight is 202 g/mol. The molecular formula is C8H18N4S. The molecule has 2 saturated heterocycles. The van der Waals surface area contributed by atoms with E-state index in [0.717, 1.165) is 39.0 Å². The first kappa shape index (κ1) is 9.73. The van der Waals surface area contributed by atoms with Gasteiger partial charge in [-0.25, -0.2) is 0 Å². The van der Waals surface area contributed by atoms with Gasteiger partial charge >= 0.3 is 0 Å². The molecule has 0 spiro atoms. The zero-order chi connectivity index (χ0) is 9.15. The van der Waals surface area contributed by atoms with Gasteiger partial charge in [-0.2, -0.15) is 0 Å². The molecule has 2 heterocycles. The number of nitrogens with one attached hydrogen (secondary N) is 4. The maximum absolute atomic E-state index is 4.67. The molecule has 0 unspecified atom stereocenters. The van der Waals surface area contributed by atoms with Gasteiger partial charge in [-0.1, -0.05) is 0 Å². The predicted molar refractivity (Wildman–Crippen MR) is 56.7 cm³/mol. The van der Waals surface area contributed by atoms with Crippen molar-refractivity contribution in [2.75, 3.05) is 26.2 Å². The van der Waals surface area contributed by atoms with Crippen LogP contribution in [0.2, 0.25) is 0 Å². The Kier molecular flexibility index (Phi) is 3.10. The first-order chi connectivity index (χ1) is 6.31. The molecule has 0 radical (unpaired) electrons. The standard InChI is InChI=1S/C8H18N4S/c13-8-7(9-3-1-5-11-8)10-4-2-6-12-8/h7,9-13H,1-6H2. The molecule has 0 aliphatic carbocycles. The average Bonchev–Trinajstić information content (AvgIpc) is 2.37. The van der Waals surface area contributed by atoms with Gasteiger partial charge in [-0.15, -0.1) is 12.6 Å². The van der Waals surface area contributed by atoms with E-state index in [1.54, 1.807) is 0 Å². The quantitative estimate of drug-likeness (QED) is 0.329.